The van der Waals surface area contributed by atoms with Crippen molar-refractivity contribution in [2.24, 2.45) is 5.41 Å². The van der Waals surface area contributed by atoms with Crippen LogP contribution < -0.4 is 0 Å². The number of carbonyl (C=O) groups excluding carboxylic acids is 1. The molecule has 0 amide bonds. The highest BCUT2D eigenvalue weighted by Gasteiger charge is 2.40. The van der Waals surface area contributed by atoms with E-state index in [9.17, 15) is 4.79 Å². The lowest BCUT2D eigenvalue weighted by Crippen LogP contribution is -2.26. The number of hydrogen-bond acceptors (Lipinski definition) is 3. The van der Waals surface area contributed by atoms with Crippen molar-refractivity contribution in [1.82, 2.24) is 0 Å². The van der Waals surface area contributed by atoms with Crippen molar-refractivity contribution in [3.63, 3.8) is 0 Å². The average Bonchev–Trinajstić information content (AvgIpc) is 2.63. The molecule has 0 atom stereocenters. The van der Waals surface area contributed by atoms with Gasteiger partial charge in [0.1, 0.15) is 5.76 Å². The fraction of sp³-hybridized carbons (Fsp3) is 0.769. The van der Waals surface area contributed by atoms with Crippen LogP contribution >= 0.6 is 0 Å². The summed E-state index contributed by atoms with van der Waals surface area (Å²) < 4.78 is 10.2. The Morgan fingerprint density at radius 2 is 2.06 bits per heavy atom. The summed E-state index contributed by atoms with van der Waals surface area (Å²) in [6.45, 7) is 2.17. The third-order valence-corrected chi connectivity index (χ3v) is 3.74. The van der Waals surface area contributed by atoms with Gasteiger partial charge in [0.15, 0.2) is 0 Å². The molecule has 0 aromatic rings. The van der Waals surface area contributed by atoms with E-state index in [0.717, 1.165) is 31.4 Å². The van der Waals surface area contributed by atoms with Crippen molar-refractivity contribution in [3.05, 3.63) is 11.8 Å². The number of allylic oxidation sites excluding steroid dienone is 2. The Balaban J connectivity index is 1.99. The molecule has 0 aromatic carbocycles. The molecule has 0 bridgehead atoms. The molecule has 1 spiro atoms. The van der Waals surface area contributed by atoms with E-state index in [2.05, 4.69) is 6.08 Å². The minimum Gasteiger partial charge on any atom is -0.434 e. The zero-order valence-electron chi connectivity index (χ0n) is 9.96. The molecule has 3 nitrogen and oxygen atoms in total. The van der Waals surface area contributed by atoms with Gasteiger partial charge < -0.3 is 9.47 Å². The third-order valence-electron chi connectivity index (χ3n) is 3.74. The Morgan fingerprint density at radius 1 is 1.31 bits per heavy atom. The summed E-state index contributed by atoms with van der Waals surface area (Å²) in [5, 5.41) is 0. The van der Waals surface area contributed by atoms with Gasteiger partial charge in [-0.3, -0.25) is 0 Å². The lowest BCUT2D eigenvalue weighted by atomic mass is 9.73. The summed E-state index contributed by atoms with van der Waals surface area (Å²) in [4.78, 5) is 11.3. The van der Waals surface area contributed by atoms with Gasteiger partial charge in [-0.05, 0) is 38.7 Å². The summed E-state index contributed by atoms with van der Waals surface area (Å²) in [5.74, 6) is 0.880. The Kier molecular flexibility index (Phi) is 3.52. The van der Waals surface area contributed by atoms with Crippen molar-refractivity contribution in [1.29, 1.82) is 0 Å². The molecule has 90 valence electrons. The SMILES string of the molecule is CCOC(=O)OC1=CCCC12CCCCC2. The van der Waals surface area contributed by atoms with E-state index in [-0.39, 0.29) is 5.41 Å². The van der Waals surface area contributed by atoms with Crippen LogP contribution in [0, 0.1) is 5.41 Å². The normalized spacial score (nSPS) is 22.9. The van der Waals surface area contributed by atoms with Crippen LogP contribution in [0.1, 0.15) is 51.9 Å². The predicted molar refractivity (Wildman–Crippen MR) is 60.9 cm³/mol. The molecule has 0 heterocycles. The van der Waals surface area contributed by atoms with Gasteiger partial charge in [-0.1, -0.05) is 19.3 Å². The van der Waals surface area contributed by atoms with Crippen molar-refractivity contribution < 1.29 is 14.3 Å². The molecule has 2 aliphatic rings. The third kappa shape index (κ3) is 2.23. The maximum Gasteiger partial charge on any atom is 0.513 e. The van der Waals surface area contributed by atoms with Crippen LogP contribution in [-0.4, -0.2) is 12.8 Å². The molecule has 3 heteroatoms. The van der Waals surface area contributed by atoms with Gasteiger partial charge in [0, 0.05) is 5.41 Å². The molecular formula is C13H20O3. The smallest absolute Gasteiger partial charge is 0.434 e. The molecule has 1 fully saturated rings. The zero-order valence-corrected chi connectivity index (χ0v) is 9.96. The zero-order chi connectivity index (χ0) is 11.4. The van der Waals surface area contributed by atoms with Crippen LogP contribution in [0.5, 0.6) is 0 Å². The molecule has 2 rings (SSSR count). The van der Waals surface area contributed by atoms with Crippen molar-refractivity contribution in [3.8, 4) is 0 Å². The minimum absolute atomic E-state index is 0.158. The second kappa shape index (κ2) is 4.89. The average molecular weight is 224 g/mol. The number of hydrogen-bond donors (Lipinski definition) is 0. The quantitative estimate of drug-likeness (QED) is 0.669. The first-order valence-corrected chi connectivity index (χ1v) is 6.32. The largest absolute Gasteiger partial charge is 0.513 e. The monoisotopic (exact) mass is 224 g/mol. The first-order chi connectivity index (χ1) is 7.77. The van der Waals surface area contributed by atoms with Crippen LogP contribution in [0.15, 0.2) is 11.8 Å². The highest BCUT2D eigenvalue weighted by molar-refractivity contribution is 5.61. The van der Waals surface area contributed by atoms with Crippen LogP contribution in [-0.2, 0) is 9.47 Å². The first-order valence-electron chi connectivity index (χ1n) is 6.32. The molecule has 0 radical (unpaired) electrons. The van der Waals surface area contributed by atoms with Gasteiger partial charge in [0.05, 0.1) is 6.61 Å². The van der Waals surface area contributed by atoms with Gasteiger partial charge in [0.2, 0.25) is 0 Å². The van der Waals surface area contributed by atoms with E-state index in [1.165, 1.54) is 19.3 Å². The molecule has 0 aliphatic heterocycles. The standard InChI is InChI=1S/C13H20O3/c1-2-15-12(14)16-11-7-6-10-13(11)8-4-3-5-9-13/h7H,2-6,8-10H2,1H3. The lowest BCUT2D eigenvalue weighted by molar-refractivity contribution is 0.0555. The van der Waals surface area contributed by atoms with Crippen molar-refractivity contribution in [2.75, 3.05) is 6.61 Å². The summed E-state index contributed by atoms with van der Waals surface area (Å²) in [6, 6.07) is 0. The number of ether oxygens (including phenoxy) is 2. The molecule has 0 aromatic heterocycles. The first kappa shape index (κ1) is 11.5. The fourth-order valence-corrected chi connectivity index (χ4v) is 2.93. The minimum atomic E-state index is -0.541. The van der Waals surface area contributed by atoms with Crippen LogP contribution in [0.2, 0.25) is 0 Å². The van der Waals surface area contributed by atoms with Gasteiger partial charge in [-0.15, -0.1) is 0 Å². The van der Waals surface area contributed by atoms with E-state index < -0.39 is 6.16 Å². The fourth-order valence-electron chi connectivity index (χ4n) is 2.93. The molecule has 0 N–H and O–H groups in total. The Labute approximate surface area is 96.8 Å². The van der Waals surface area contributed by atoms with Gasteiger partial charge in [-0.25, -0.2) is 4.79 Å². The van der Waals surface area contributed by atoms with Crippen molar-refractivity contribution in [2.45, 2.75) is 51.9 Å². The Bertz CT molecular complexity index is 288. The van der Waals surface area contributed by atoms with Gasteiger partial charge >= 0.3 is 6.16 Å². The summed E-state index contributed by atoms with van der Waals surface area (Å²) in [5.41, 5.74) is 0.158. The molecular weight excluding hydrogens is 204 g/mol. The summed E-state index contributed by atoms with van der Waals surface area (Å²) in [7, 11) is 0. The van der Waals surface area contributed by atoms with E-state index in [0.29, 0.717) is 6.61 Å². The van der Waals surface area contributed by atoms with Crippen LogP contribution in [0.3, 0.4) is 0 Å². The van der Waals surface area contributed by atoms with E-state index in [1.54, 1.807) is 6.92 Å². The highest BCUT2D eigenvalue weighted by Crippen LogP contribution is 2.50. The Morgan fingerprint density at radius 3 is 2.75 bits per heavy atom. The maximum absolute atomic E-state index is 11.3. The molecule has 0 unspecified atom stereocenters. The second-order valence-corrected chi connectivity index (χ2v) is 4.73. The molecule has 16 heavy (non-hydrogen) atoms. The summed E-state index contributed by atoms with van der Waals surface area (Å²) in [6.07, 6.45) is 9.86. The number of carbonyl (C=O) groups is 1. The number of rotatable bonds is 2. The van der Waals surface area contributed by atoms with E-state index in [4.69, 9.17) is 9.47 Å². The maximum atomic E-state index is 11.3. The summed E-state index contributed by atoms with van der Waals surface area (Å²) >= 11 is 0. The van der Waals surface area contributed by atoms with Crippen molar-refractivity contribution >= 4 is 6.16 Å². The topological polar surface area (TPSA) is 35.5 Å². The molecule has 2 aliphatic carbocycles. The van der Waals surface area contributed by atoms with Gasteiger partial charge in [-0.2, -0.15) is 0 Å². The van der Waals surface area contributed by atoms with Crippen LogP contribution in [0.25, 0.3) is 0 Å². The van der Waals surface area contributed by atoms with Crippen LogP contribution in [0.4, 0.5) is 4.79 Å². The van der Waals surface area contributed by atoms with E-state index in [1.807, 2.05) is 0 Å². The highest BCUT2D eigenvalue weighted by atomic mass is 16.7. The molecule has 1 saturated carbocycles. The lowest BCUT2D eigenvalue weighted by Gasteiger charge is -2.34. The second-order valence-electron chi connectivity index (χ2n) is 4.73. The van der Waals surface area contributed by atoms with E-state index >= 15 is 0 Å². The molecule has 0 saturated heterocycles. The van der Waals surface area contributed by atoms with Gasteiger partial charge in [0.25, 0.3) is 0 Å². The Hall–Kier alpha value is -0.990. The predicted octanol–water partition coefficient (Wildman–Crippen LogP) is 3.79.